The Bertz CT molecular complexity index is 854. The van der Waals surface area contributed by atoms with Crippen LogP contribution in [0.1, 0.15) is 28.9 Å². The lowest BCUT2D eigenvalue weighted by Gasteiger charge is -2.17. The van der Waals surface area contributed by atoms with Gasteiger partial charge in [0.25, 0.3) is 5.91 Å². The molecule has 3 rings (SSSR count). The van der Waals surface area contributed by atoms with Crippen LogP contribution in [0.4, 0.5) is 5.82 Å². The number of carbonyl (C=O) groups is 1. The third kappa shape index (κ3) is 3.27. The van der Waals surface area contributed by atoms with Gasteiger partial charge in [0.05, 0.1) is 0 Å². The zero-order valence-corrected chi connectivity index (χ0v) is 13.5. The molecule has 3 aromatic rings. The molecule has 0 aliphatic heterocycles. The Hall–Kier alpha value is -3.16. The van der Waals surface area contributed by atoms with E-state index in [4.69, 9.17) is 10.3 Å². The van der Waals surface area contributed by atoms with Gasteiger partial charge in [0.15, 0.2) is 0 Å². The number of aromatic amines is 1. The van der Waals surface area contributed by atoms with Crippen molar-refractivity contribution in [1.82, 2.24) is 25.2 Å². The number of anilines is 1. The largest absolute Gasteiger partial charge is 0.382 e. The molecule has 0 saturated carbocycles. The SMILES string of the molecule is CCN(Cc1nc(-c2cccc(C)c2)no1)C(=O)c1cc(N)n[nH]1. The maximum atomic E-state index is 12.4. The molecular formula is C16H18N6O2. The van der Waals surface area contributed by atoms with Crippen molar-refractivity contribution in [1.29, 1.82) is 0 Å². The van der Waals surface area contributed by atoms with E-state index in [1.54, 1.807) is 4.90 Å². The average Bonchev–Trinajstić information content (AvgIpc) is 3.21. The van der Waals surface area contributed by atoms with Crippen molar-refractivity contribution in [3.63, 3.8) is 0 Å². The Morgan fingerprint density at radius 2 is 2.21 bits per heavy atom. The van der Waals surface area contributed by atoms with Crippen LogP contribution in [0, 0.1) is 6.92 Å². The summed E-state index contributed by atoms with van der Waals surface area (Å²) in [5.41, 5.74) is 7.85. The quantitative estimate of drug-likeness (QED) is 0.741. The van der Waals surface area contributed by atoms with Crippen LogP contribution in [0.25, 0.3) is 11.4 Å². The first-order chi connectivity index (χ1) is 11.6. The molecule has 0 atom stereocenters. The molecule has 24 heavy (non-hydrogen) atoms. The number of benzene rings is 1. The molecule has 0 radical (unpaired) electrons. The fraction of sp³-hybridized carbons (Fsp3) is 0.250. The fourth-order valence-electron chi connectivity index (χ4n) is 2.33. The van der Waals surface area contributed by atoms with Crippen molar-refractivity contribution in [3.8, 4) is 11.4 Å². The number of amides is 1. The van der Waals surface area contributed by atoms with Gasteiger partial charge in [-0.1, -0.05) is 28.9 Å². The number of aromatic nitrogens is 4. The summed E-state index contributed by atoms with van der Waals surface area (Å²) >= 11 is 0. The second kappa shape index (κ2) is 6.53. The topological polar surface area (TPSA) is 114 Å². The van der Waals surface area contributed by atoms with Gasteiger partial charge in [-0.2, -0.15) is 10.1 Å². The predicted octanol–water partition coefficient (Wildman–Crippen LogP) is 2.01. The van der Waals surface area contributed by atoms with E-state index in [1.165, 1.54) is 6.07 Å². The highest BCUT2D eigenvalue weighted by atomic mass is 16.5. The molecule has 8 heteroatoms. The Morgan fingerprint density at radius 1 is 1.38 bits per heavy atom. The highest BCUT2D eigenvalue weighted by molar-refractivity contribution is 5.92. The Labute approximate surface area is 138 Å². The molecule has 0 saturated heterocycles. The lowest BCUT2D eigenvalue weighted by atomic mass is 10.1. The molecule has 0 unspecified atom stereocenters. The van der Waals surface area contributed by atoms with E-state index in [1.807, 2.05) is 38.1 Å². The second-order valence-electron chi connectivity index (χ2n) is 5.41. The van der Waals surface area contributed by atoms with E-state index < -0.39 is 0 Å². The predicted molar refractivity (Wildman–Crippen MR) is 87.9 cm³/mol. The molecule has 0 fully saturated rings. The first-order valence-electron chi connectivity index (χ1n) is 7.56. The average molecular weight is 326 g/mol. The number of carbonyl (C=O) groups excluding carboxylic acids is 1. The van der Waals surface area contributed by atoms with Crippen LogP contribution < -0.4 is 5.73 Å². The molecular weight excluding hydrogens is 308 g/mol. The highest BCUT2D eigenvalue weighted by Crippen LogP contribution is 2.18. The van der Waals surface area contributed by atoms with E-state index in [9.17, 15) is 4.79 Å². The maximum absolute atomic E-state index is 12.4. The summed E-state index contributed by atoms with van der Waals surface area (Å²) in [5.74, 6) is 0.920. The van der Waals surface area contributed by atoms with Crippen LogP contribution >= 0.6 is 0 Å². The van der Waals surface area contributed by atoms with E-state index >= 15 is 0 Å². The molecule has 124 valence electrons. The Balaban J connectivity index is 1.76. The van der Waals surface area contributed by atoms with Crippen LogP contribution in [0.5, 0.6) is 0 Å². The lowest BCUT2D eigenvalue weighted by molar-refractivity contribution is 0.0728. The lowest BCUT2D eigenvalue weighted by Crippen LogP contribution is -2.30. The summed E-state index contributed by atoms with van der Waals surface area (Å²) in [6.45, 7) is 4.57. The molecule has 0 aliphatic carbocycles. The van der Waals surface area contributed by atoms with Crippen molar-refractivity contribution in [2.45, 2.75) is 20.4 Å². The number of rotatable bonds is 5. The van der Waals surface area contributed by atoms with E-state index in [0.717, 1.165) is 11.1 Å². The van der Waals surface area contributed by atoms with Crippen molar-refractivity contribution in [2.75, 3.05) is 12.3 Å². The number of nitrogens with zero attached hydrogens (tertiary/aromatic N) is 4. The summed E-state index contributed by atoms with van der Waals surface area (Å²) in [5, 5.41) is 10.4. The summed E-state index contributed by atoms with van der Waals surface area (Å²) in [6.07, 6.45) is 0. The smallest absolute Gasteiger partial charge is 0.272 e. The second-order valence-corrected chi connectivity index (χ2v) is 5.41. The van der Waals surface area contributed by atoms with Gasteiger partial charge in [-0.05, 0) is 19.9 Å². The molecule has 8 nitrogen and oxygen atoms in total. The van der Waals surface area contributed by atoms with Gasteiger partial charge < -0.3 is 15.2 Å². The van der Waals surface area contributed by atoms with Gasteiger partial charge in [-0.15, -0.1) is 0 Å². The van der Waals surface area contributed by atoms with E-state index in [2.05, 4.69) is 20.3 Å². The van der Waals surface area contributed by atoms with Gasteiger partial charge in [-0.25, -0.2) is 0 Å². The number of nitrogens with one attached hydrogen (secondary N) is 1. The molecule has 0 spiro atoms. The number of nitrogens with two attached hydrogens (primary N) is 1. The third-order valence-corrected chi connectivity index (χ3v) is 3.57. The van der Waals surface area contributed by atoms with Crippen molar-refractivity contribution in [3.05, 3.63) is 47.5 Å². The fourth-order valence-corrected chi connectivity index (χ4v) is 2.33. The molecule has 3 N–H and O–H groups in total. The summed E-state index contributed by atoms with van der Waals surface area (Å²) in [6, 6.07) is 9.32. The third-order valence-electron chi connectivity index (χ3n) is 3.57. The molecule has 1 aromatic carbocycles. The summed E-state index contributed by atoms with van der Waals surface area (Å²) in [4.78, 5) is 18.4. The van der Waals surface area contributed by atoms with Crippen molar-refractivity contribution in [2.24, 2.45) is 0 Å². The molecule has 2 heterocycles. The van der Waals surface area contributed by atoms with Gasteiger partial charge in [0.2, 0.25) is 11.7 Å². The van der Waals surface area contributed by atoms with E-state index in [-0.39, 0.29) is 18.3 Å². The minimum absolute atomic E-state index is 0.215. The zero-order chi connectivity index (χ0) is 17.1. The number of H-pyrrole nitrogens is 1. The van der Waals surface area contributed by atoms with Crippen LogP contribution in [-0.4, -0.2) is 37.7 Å². The molecule has 1 amide bonds. The van der Waals surface area contributed by atoms with Gasteiger partial charge in [0.1, 0.15) is 18.1 Å². The van der Waals surface area contributed by atoms with Crippen LogP contribution in [0.15, 0.2) is 34.9 Å². The number of aryl methyl sites for hydroxylation is 1. The number of hydrogen-bond acceptors (Lipinski definition) is 6. The Kier molecular flexibility index (Phi) is 4.28. The van der Waals surface area contributed by atoms with E-state index in [0.29, 0.717) is 24.0 Å². The first kappa shape index (κ1) is 15.7. The number of hydrogen-bond donors (Lipinski definition) is 2. The maximum Gasteiger partial charge on any atom is 0.272 e. The van der Waals surface area contributed by atoms with Gasteiger partial charge in [-0.3, -0.25) is 9.89 Å². The monoisotopic (exact) mass is 326 g/mol. The van der Waals surface area contributed by atoms with Crippen LogP contribution in [0.2, 0.25) is 0 Å². The zero-order valence-electron chi connectivity index (χ0n) is 13.5. The molecule has 0 aliphatic rings. The minimum atomic E-state index is -0.225. The van der Waals surface area contributed by atoms with Crippen molar-refractivity contribution >= 4 is 11.7 Å². The normalized spacial score (nSPS) is 10.8. The van der Waals surface area contributed by atoms with Crippen LogP contribution in [0.3, 0.4) is 0 Å². The van der Waals surface area contributed by atoms with Gasteiger partial charge in [0, 0.05) is 18.2 Å². The first-order valence-corrected chi connectivity index (χ1v) is 7.56. The van der Waals surface area contributed by atoms with Crippen molar-refractivity contribution < 1.29 is 9.32 Å². The number of nitrogen functional groups attached to an aromatic ring is 1. The summed E-state index contributed by atoms with van der Waals surface area (Å²) in [7, 11) is 0. The van der Waals surface area contributed by atoms with Crippen LogP contribution in [-0.2, 0) is 6.54 Å². The summed E-state index contributed by atoms with van der Waals surface area (Å²) < 4.78 is 5.28. The standard InChI is InChI=1S/C16H18N6O2/c1-3-22(16(23)12-8-13(17)20-19-12)9-14-18-15(21-24-14)11-6-4-5-10(2)7-11/h4-8H,3,9H2,1-2H3,(H3,17,19,20). The highest BCUT2D eigenvalue weighted by Gasteiger charge is 2.19. The minimum Gasteiger partial charge on any atom is -0.382 e. The molecule has 2 aromatic heterocycles. The Morgan fingerprint density at radius 3 is 2.88 bits per heavy atom. The molecule has 0 bridgehead atoms. The van der Waals surface area contributed by atoms with Gasteiger partial charge >= 0.3 is 0 Å².